The molecule has 0 radical (unpaired) electrons. The fraction of sp³-hybridized carbons (Fsp3) is 0.800. The molecule has 2 saturated carbocycles. The Balaban J connectivity index is 2.19. The van der Waals surface area contributed by atoms with Crippen LogP contribution in [0.4, 0.5) is 0 Å². The lowest BCUT2D eigenvalue weighted by Crippen LogP contribution is -2.31. The molecule has 1 unspecified atom stereocenters. The van der Waals surface area contributed by atoms with E-state index in [1.165, 1.54) is 7.11 Å². The Hall–Kier alpha value is -1.06. The first kappa shape index (κ1) is 9.49. The quantitative estimate of drug-likeness (QED) is 0.673. The standard InChI is InChI=1S/C10H14O4/c1-14-9(13)10-3-2-6(4-10)7(5-10)8(11)12/h6-7H,2-5H2,1H3,(H,11,12)/t6-,7?,10-/m1/s1. The van der Waals surface area contributed by atoms with Crippen molar-refractivity contribution in [1.29, 1.82) is 0 Å². The number of hydrogen-bond acceptors (Lipinski definition) is 3. The van der Waals surface area contributed by atoms with Crippen LogP contribution in [0.15, 0.2) is 0 Å². The number of carbonyl (C=O) groups is 2. The van der Waals surface area contributed by atoms with Gasteiger partial charge in [0.2, 0.25) is 0 Å². The van der Waals surface area contributed by atoms with Crippen LogP contribution in [0.2, 0.25) is 0 Å². The molecule has 0 aromatic rings. The van der Waals surface area contributed by atoms with E-state index in [1.54, 1.807) is 0 Å². The van der Waals surface area contributed by atoms with Crippen LogP contribution in [0.25, 0.3) is 0 Å². The third-order valence-electron chi connectivity index (χ3n) is 3.76. The van der Waals surface area contributed by atoms with Crippen molar-refractivity contribution in [3.8, 4) is 0 Å². The molecule has 0 aliphatic heterocycles. The molecule has 2 rings (SSSR count). The van der Waals surface area contributed by atoms with Gasteiger partial charge in [0.15, 0.2) is 0 Å². The molecular formula is C10H14O4. The molecule has 0 amide bonds. The van der Waals surface area contributed by atoms with E-state index >= 15 is 0 Å². The van der Waals surface area contributed by atoms with Crippen LogP contribution in [0.5, 0.6) is 0 Å². The summed E-state index contributed by atoms with van der Waals surface area (Å²) in [5.74, 6) is -1.13. The lowest BCUT2D eigenvalue weighted by Gasteiger charge is -2.25. The Bertz CT molecular complexity index is 286. The summed E-state index contributed by atoms with van der Waals surface area (Å²) in [6, 6.07) is 0. The monoisotopic (exact) mass is 198 g/mol. The van der Waals surface area contributed by atoms with Crippen LogP contribution in [0.3, 0.4) is 0 Å². The summed E-state index contributed by atoms with van der Waals surface area (Å²) in [6.45, 7) is 0. The summed E-state index contributed by atoms with van der Waals surface area (Å²) in [5, 5.41) is 8.95. The zero-order chi connectivity index (χ0) is 10.3. The number of ether oxygens (including phenoxy) is 1. The molecule has 0 aromatic carbocycles. The van der Waals surface area contributed by atoms with Gasteiger partial charge >= 0.3 is 11.9 Å². The molecule has 4 nitrogen and oxygen atoms in total. The van der Waals surface area contributed by atoms with Gasteiger partial charge in [-0.25, -0.2) is 0 Å². The highest BCUT2D eigenvalue weighted by Gasteiger charge is 2.57. The highest BCUT2D eigenvalue weighted by atomic mass is 16.5. The minimum atomic E-state index is -0.763. The van der Waals surface area contributed by atoms with E-state index in [-0.39, 0.29) is 17.8 Å². The van der Waals surface area contributed by atoms with Gasteiger partial charge in [-0.05, 0) is 31.6 Å². The second-order valence-electron chi connectivity index (χ2n) is 4.42. The first-order valence-electron chi connectivity index (χ1n) is 4.90. The smallest absolute Gasteiger partial charge is 0.311 e. The Morgan fingerprint density at radius 1 is 1.43 bits per heavy atom. The van der Waals surface area contributed by atoms with Crippen LogP contribution in [-0.4, -0.2) is 24.2 Å². The first-order valence-corrected chi connectivity index (χ1v) is 4.90. The largest absolute Gasteiger partial charge is 0.481 e. The number of hydrogen-bond donors (Lipinski definition) is 1. The summed E-state index contributed by atoms with van der Waals surface area (Å²) in [7, 11) is 1.37. The lowest BCUT2D eigenvalue weighted by atomic mass is 9.80. The van der Waals surface area contributed by atoms with Crippen molar-refractivity contribution in [3.05, 3.63) is 0 Å². The van der Waals surface area contributed by atoms with Gasteiger partial charge in [-0.15, -0.1) is 0 Å². The zero-order valence-electron chi connectivity index (χ0n) is 8.16. The van der Waals surface area contributed by atoms with Crippen molar-refractivity contribution in [3.63, 3.8) is 0 Å². The summed E-state index contributed by atoms with van der Waals surface area (Å²) < 4.78 is 4.75. The molecule has 2 fully saturated rings. The highest BCUT2D eigenvalue weighted by Crippen LogP contribution is 2.57. The molecule has 4 heteroatoms. The first-order chi connectivity index (χ1) is 6.59. The van der Waals surface area contributed by atoms with Gasteiger partial charge in [0.25, 0.3) is 0 Å². The summed E-state index contributed by atoms with van der Waals surface area (Å²) in [6.07, 6.45) is 2.83. The fourth-order valence-electron chi connectivity index (χ4n) is 3.06. The van der Waals surface area contributed by atoms with Gasteiger partial charge in [-0.3, -0.25) is 9.59 Å². The second kappa shape index (κ2) is 2.97. The maximum atomic E-state index is 11.5. The van der Waals surface area contributed by atoms with Gasteiger partial charge in [0.05, 0.1) is 18.4 Å². The third kappa shape index (κ3) is 1.13. The van der Waals surface area contributed by atoms with E-state index in [0.29, 0.717) is 12.8 Å². The maximum Gasteiger partial charge on any atom is 0.311 e. The van der Waals surface area contributed by atoms with Crippen molar-refractivity contribution in [2.24, 2.45) is 17.3 Å². The van der Waals surface area contributed by atoms with E-state index < -0.39 is 11.4 Å². The van der Waals surface area contributed by atoms with Gasteiger partial charge in [-0.2, -0.15) is 0 Å². The normalized spacial score (nSPS) is 39.8. The number of aliphatic carboxylic acids is 1. The van der Waals surface area contributed by atoms with Crippen molar-refractivity contribution < 1.29 is 19.4 Å². The molecule has 0 heterocycles. The van der Waals surface area contributed by atoms with Gasteiger partial charge in [-0.1, -0.05) is 0 Å². The van der Waals surface area contributed by atoms with Crippen molar-refractivity contribution >= 4 is 11.9 Å². The van der Waals surface area contributed by atoms with Crippen LogP contribution >= 0.6 is 0 Å². The molecule has 1 N–H and O–H groups in total. The number of rotatable bonds is 2. The Labute approximate surface area is 82.2 Å². The van der Waals surface area contributed by atoms with Crippen LogP contribution in [0, 0.1) is 17.3 Å². The van der Waals surface area contributed by atoms with Crippen LogP contribution in [0.1, 0.15) is 25.7 Å². The summed E-state index contributed by atoms with van der Waals surface area (Å²) in [5.41, 5.74) is -0.470. The Kier molecular flexibility index (Phi) is 2.01. The SMILES string of the molecule is COC(=O)[C@]12CC[C@H](C1)C(C(=O)O)C2. The molecule has 14 heavy (non-hydrogen) atoms. The van der Waals surface area contributed by atoms with Crippen molar-refractivity contribution in [1.82, 2.24) is 0 Å². The number of esters is 1. The topological polar surface area (TPSA) is 63.6 Å². The molecular weight excluding hydrogens is 184 g/mol. The molecule has 3 atom stereocenters. The molecule has 2 bridgehead atoms. The second-order valence-corrected chi connectivity index (χ2v) is 4.42. The minimum Gasteiger partial charge on any atom is -0.481 e. The lowest BCUT2D eigenvalue weighted by molar-refractivity contribution is -0.153. The van der Waals surface area contributed by atoms with E-state index in [4.69, 9.17) is 9.84 Å². The van der Waals surface area contributed by atoms with Gasteiger partial charge < -0.3 is 9.84 Å². The summed E-state index contributed by atoms with van der Waals surface area (Å²) in [4.78, 5) is 22.4. The Morgan fingerprint density at radius 2 is 2.14 bits per heavy atom. The van der Waals surface area contributed by atoms with Gasteiger partial charge in [0.1, 0.15) is 0 Å². The average Bonchev–Trinajstić information content (AvgIpc) is 2.74. The highest BCUT2D eigenvalue weighted by molar-refractivity contribution is 5.81. The van der Waals surface area contributed by atoms with Gasteiger partial charge in [0, 0.05) is 0 Å². The minimum absolute atomic E-state index is 0.187. The molecule has 2 aliphatic carbocycles. The predicted octanol–water partition coefficient (Wildman–Crippen LogP) is 1.05. The molecule has 0 spiro atoms. The van der Waals surface area contributed by atoms with Crippen LogP contribution in [-0.2, 0) is 14.3 Å². The van der Waals surface area contributed by atoms with Crippen molar-refractivity contribution in [2.75, 3.05) is 7.11 Å². The average molecular weight is 198 g/mol. The Morgan fingerprint density at radius 3 is 2.64 bits per heavy atom. The zero-order valence-corrected chi connectivity index (χ0v) is 8.16. The molecule has 0 saturated heterocycles. The number of fused-ring (bicyclic) bond motifs is 2. The molecule has 78 valence electrons. The predicted molar refractivity (Wildman–Crippen MR) is 47.5 cm³/mol. The van der Waals surface area contributed by atoms with E-state index in [1.807, 2.05) is 0 Å². The number of carbonyl (C=O) groups excluding carboxylic acids is 1. The number of carboxylic acids is 1. The van der Waals surface area contributed by atoms with E-state index in [2.05, 4.69) is 0 Å². The number of carboxylic acid groups (broad SMARTS) is 1. The fourth-order valence-corrected chi connectivity index (χ4v) is 3.06. The maximum absolute atomic E-state index is 11.5. The van der Waals surface area contributed by atoms with Crippen LogP contribution < -0.4 is 0 Å². The molecule has 2 aliphatic rings. The molecule has 0 aromatic heterocycles. The number of methoxy groups -OCH3 is 1. The third-order valence-corrected chi connectivity index (χ3v) is 3.76. The van der Waals surface area contributed by atoms with E-state index in [0.717, 1.165) is 12.8 Å². The summed E-state index contributed by atoms with van der Waals surface area (Å²) >= 11 is 0. The van der Waals surface area contributed by atoms with Crippen molar-refractivity contribution in [2.45, 2.75) is 25.7 Å². The van der Waals surface area contributed by atoms with E-state index in [9.17, 15) is 9.59 Å².